The van der Waals surface area contributed by atoms with Gasteiger partial charge >= 0.3 is 0 Å². The number of alkyl halides is 2. The van der Waals surface area contributed by atoms with Crippen LogP contribution in [-0.2, 0) is 16.0 Å². The summed E-state index contributed by atoms with van der Waals surface area (Å²) < 4.78 is 53.6. The van der Waals surface area contributed by atoms with Gasteiger partial charge in [0, 0.05) is 18.9 Å². The van der Waals surface area contributed by atoms with Gasteiger partial charge in [-0.15, -0.1) is 0 Å². The SMILES string of the molecule is O=C(CCOCC(F)F)Cc1cc(F)cc(F)c1. The molecule has 0 saturated heterocycles. The summed E-state index contributed by atoms with van der Waals surface area (Å²) >= 11 is 0. The van der Waals surface area contributed by atoms with Gasteiger partial charge in [-0.25, -0.2) is 17.6 Å². The molecule has 0 radical (unpaired) electrons. The van der Waals surface area contributed by atoms with Crippen molar-refractivity contribution in [2.45, 2.75) is 19.3 Å². The molecule has 18 heavy (non-hydrogen) atoms. The van der Waals surface area contributed by atoms with Crippen LogP contribution in [0, 0.1) is 11.6 Å². The number of Topliss-reactive ketones (excluding diaryl/α,β-unsaturated/α-hetero) is 1. The van der Waals surface area contributed by atoms with Crippen LogP contribution in [0.1, 0.15) is 12.0 Å². The van der Waals surface area contributed by atoms with Crippen molar-refractivity contribution >= 4 is 5.78 Å². The van der Waals surface area contributed by atoms with Crippen molar-refractivity contribution in [1.29, 1.82) is 0 Å². The van der Waals surface area contributed by atoms with Crippen LogP contribution >= 0.6 is 0 Å². The molecular formula is C12H12F4O2. The number of hydrogen-bond donors (Lipinski definition) is 0. The molecule has 0 saturated carbocycles. The molecule has 6 heteroatoms. The summed E-state index contributed by atoms with van der Waals surface area (Å²) in [7, 11) is 0. The standard InChI is InChI=1S/C12H12F4O2/c13-9-3-8(4-10(14)6-9)5-11(17)1-2-18-7-12(15)16/h3-4,6,12H,1-2,5,7H2. The molecule has 0 aromatic heterocycles. The van der Waals surface area contributed by atoms with Crippen LogP contribution in [0.2, 0.25) is 0 Å². The number of hydrogen-bond acceptors (Lipinski definition) is 2. The monoisotopic (exact) mass is 264 g/mol. The molecule has 1 aromatic carbocycles. The van der Waals surface area contributed by atoms with E-state index in [1.807, 2.05) is 0 Å². The summed E-state index contributed by atoms with van der Waals surface area (Å²) in [5.74, 6) is -1.84. The Hall–Kier alpha value is -1.43. The lowest BCUT2D eigenvalue weighted by Crippen LogP contribution is -2.11. The van der Waals surface area contributed by atoms with Gasteiger partial charge in [0.05, 0.1) is 6.61 Å². The number of ketones is 1. The molecule has 0 heterocycles. The van der Waals surface area contributed by atoms with E-state index in [1.165, 1.54) is 0 Å². The fourth-order valence-electron chi connectivity index (χ4n) is 1.39. The first-order valence-corrected chi connectivity index (χ1v) is 5.30. The average molecular weight is 264 g/mol. The second kappa shape index (κ2) is 7.10. The summed E-state index contributed by atoms with van der Waals surface area (Å²) in [4.78, 5) is 11.4. The van der Waals surface area contributed by atoms with Crippen molar-refractivity contribution in [3.8, 4) is 0 Å². The van der Waals surface area contributed by atoms with Gasteiger partial charge in [0.1, 0.15) is 24.0 Å². The molecule has 0 aliphatic rings. The normalized spacial score (nSPS) is 10.9. The Labute approximate surface area is 102 Å². The zero-order chi connectivity index (χ0) is 13.5. The Bertz CT molecular complexity index is 387. The third-order valence-corrected chi connectivity index (χ3v) is 2.09. The minimum Gasteiger partial charge on any atom is -0.375 e. The van der Waals surface area contributed by atoms with E-state index in [0.29, 0.717) is 6.07 Å². The summed E-state index contributed by atoms with van der Waals surface area (Å²) in [6.45, 7) is -0.844. The first kappa shape index (κ1) is 14.6. The second-order valence-corrected chi connectivity index (χ2v) is 3.71. The fraction of sp³-hybridized carbons (Fsp3) is 0.417. The molecular weight excluding hydrogens is 252 g/mol. The van der Waals surface area contributed by atoms with Gasteiger partial charge in [-0.1, -0.05) is 0 Å². The zero-order valence-corrected chi connectivity index (χ0v) is 9.47. The molecule has 0 N–H and O–H groups in total. The van der Waals surface area contributed by atoms with E-state index in [-0.39, 0.29) is 30.8 Å². The maximum atomic E-state index is 12.8. The van der Waals surface area contributed by atoms with Crippen LogP contribution in [-0.4, -0.2) is 25.4 Å². The topological polar surface area (TPSA) is 26.3 Å². The molecule has 1 rings (SSSR count). The van der Waals surface area contributed by atoms with Crippen molar-refractivity contribution in [2.75, 3.05) is 13.2 Å². The van der Waals surface area contributed by atoms with Crippen LogP contribution in [0.15, 0.2) is 18.2 Å². The summed E-state index contributed by atoms with van der Waals surface area (Å²) in [5.41, 5.74) is 0.214. The van der Waals surface area contributed by atoms with Crippen LogP contribution in [0.4, 0.5) is 17.6 Å². The van der Waals surface area contributed by atoms with Gasteiger partial charge in [-0.05, 0) is 17.7 Å². The summed E-state index contributed by atoms with van der Waals surface area (Å²) in [5, 5.41) is 0. The quantitative estimate of drug-likeness (QED) is 0.559. The lowest BCUT2D eigenvalue weighted by molar-refractivity contribution is -0.119. The average Bonchev–Trinajstić information content (AvgIpc) is 2.22. The van der Waals surface area contributed by atoms with E-state index in [2.05, 4.69) is 4.74 Å². The molecule has 0 aliphatic carbocycles. The van der Waals surface area contributed by atoms with E-state index < -0.39 is 24.7 Å². The van der Waals surface area contributed by atoms with Crippen molar-refractivity contribution in [2.24, 2.45) is 0 Å². The van der Waals surface area contributed by atoms with E-state index >= 15 is 0 Å². The zero-order valence-electron chi connectivity index (χ0n) is 9.47. The highest BCUT2D eigenvalue weighted by Crippen LogP contribution is 2.09. The largest absolute Gasteiger partial charge is 0.375 e. The van der Waals surface area contributed by atoms with Crippen molar-refractivity contribution in [3.63, 3.8) is 0 Å². The van der Waals surface area contributed by atoms with E-state index in [1.54, 1.807) is 0 Å². The van der Waals surface area contributed by atoms with Crippen molar-refractivity contribution in [1.82, 2.24) is 0 Å². The van der Waals surface area contributed by atoms with Gasteiger partial charge in [-0.3, -0.25) is 4.79 Å². The van der Waals surface area contributed by atoms with E-state index in [4.69, 9.17) is 0 Å². The smallest absolute Gasteiger partial charge is 0.261 e. The Morgan fingerprint density at radius 1 is 1.17 bits per heavy atom. The molecule has 0 fully saturated rings. The lowest BCUT2D eigenvalue weighted by Gasteiger charge is -2.04. The van der Waals surface area contributed by atoms with Crippen molar-refractivity contribution in [3.05, 3.63) is 35.4 Å². The van der Waals surface area contributed by atoms with E-state index in [9.17, 15) is 22.4 Å². The third-order valence-electron chi connectivity index (χ3n) is 2.09. The first-order valence-electron chi connectivity index (χ1n) is 5.30. The fourth-order valence-corrected chi connectivity index (χ4v) is 1.39. The molecule has 100 valence electrons. The molecule has 0 bridgehead atoms. The molecule has 0 atom stereocenters. The van der Waals surface area contributed by atoms with Gasteiger partial charge in [0.25, 0.3) is 6.43 Å². The second-order valence-electron chi connectivity index (χ2n) is 3.71. The predicted octanol–water partition coefficient (Wildman–Crippen LogP) is 2.75. The van der Waals surface area contributed by atoms with E-state index in [0.717, 1.165) is 12.1 Å². The van der Waals surface area contributed by atoms with Gasteiger partial charge in [0.2, 0.25) is 0 Å². The number of rotatable bonds is 7. The Morgan fingerprint density at radius 3 is 2.33 bits per heavy atom. The third kappa shape index (κ3) is 5.77. The number of ether oxygens (including phenoxy) is 1. The van der Waals surface area contributed by atoms with Crippen LogP contribution in [0.5, 0.6) is 0 Å². The molecule has 0 amide bonds. The number of carbonyl (C=O) groups excluding carboxylic acids is 1. The molecule has 1 aromatic rings. The Kier molecular flexibility index (Phi) is 5.77. The summed E-state index contributed by atoms with van der Waals surface area (Å²) in [6.07, 6.45) is -2.78. The Morgan fingerprint density at radius 2 is 1.78 bits per heavy atom. The highest BCUT2D eigenvalue weighted by Gasteiger charge is 2.08. The predicted molar refractivity (Wildman–Crippen MR) is 56.5 cm³/mol. The molecule has 0 spiro atoms. The molecule has 0 aliphatic heterocycles. The highest BCUT2D eigenvalue weighted by molar-refractivity contribution is 5.80. The maximum Gasteiger partial charge on any atom is 0.261 e. The number of halogens is 4. The van der Waals surface area contributed by atoms with Gasteiger partial charge in [0.15, 0.2) is 0 Å². The highest BCUT2D eigenvalue weighted by atomic mass is 19.3. The van der Waals surface area contributed by atoms with Gasteiger partial charge in [-0.2, -0.15) is 0 Å². The van der Waals surface area contributed by atoms with Crippen LogP contribution in [0.25, 0.3) is 0 Å². The molecule has 0 unspecified atom stereocenters. The minimum atomic E-state index is -2.57. The van der Waals surface area contributed by atoms with Crippen molar-refractivity contribution < 1.29 is 27.1 Å². The number of carbonyl (C=O) groups is 1. The molecule has 2 nitrogen and oxygen atoms in total. The maximum absolute atomic E-state index is 12.8. The lowest BCUT2D eigenvalue weighted by atomic mass is 10.1. The first-order chi connectivity index (χ1) is 8.47. The Balaban J connectivity index is 2.35. The van der Waals surface area contributed by atoms with Crippen LogP contribution in [0.3, 0.4) is 0 Å². The van der Waals surface area contributed by atoms with Crippen LogP contribution < -0.4 is 0 Å². The van der Waals surface area contributed by atoms with Gasteiger partial charge < -0.3 is 4.74 Å². The minimum absolute atomic E-state index is 0.0646. The number of benzene rings is 1. The summed E-state index contributed by atoms with van der Waals surface area (Å²) in [6, 6.07) is 2.82.